The predicted molar refractivity (Wildman–Crippen MR) is 93.7 cm³/mol. The summed E-state index contributed by atoms with van der Waals surface area (Å²) < 4.78 is 40.0. The van der Waals surface area contributed by atoms with E-state index in [2.05, 4.69) is 5.32 Å². The molecule has 1 aliphatic heterocycles. The number of halogens is 5. The number of nitrogens with one attached hydrogen (secondary N) is 1. The zero-order valence-electron chi connectivity index (χ0n) is 12.5. The summed E-state index contributed by atoms with van der Waals surface area (Å²) in [7, 11) is 0. The van der Waals surface area contributed by atoms with E-state index < -0.39 is 34.5 Å². The second-order valence-corrected chi connectivity index (χ2v) is 7.27. The molecule has 2 amide bonds. The number of hydrogen-bond donors (Lipinski definition) is 1. The molecule has 0 aromatic heterocycles. The van der Waals surface area contributed by atoms with Crippen LogP contribution < -0.4 is 5.32 Å². The largest absolute Gasteiger partial charge is 0.323 e. The van der Waals surface area contributed by atoms with Crippen LogP contribution in [0.3, 0.4) is 0 Å². The van der Waals surface area contributed by atoms with Gasteiger partial charge in [-0.15, -0.1) is 11.8 Å². The fourth-order valence-electron chi connectivity index (χ4n) is 2.45. The van der Waals surface area contributed by atoms with Crippen molar-refractivity contribution < 1.29 is 18.0 Å². The van der Waals surface area contributed by atoms with Gasteiger partial charge in [0.15, 0.2) is 17.5 Å². The second kappa shape index (κ2) is 7.35. The van der Waals surface area contributed by atoms with Crippen molar-refractivity contribution in [3.63, 3.8) is 0 Å². The van der Waals surface area contributed by atoms with Crippen molar-refractivity contribution in [1.82, 2.24) is 4.90 Å². The lowest BCUT2D eigenvalue weighted by molar-refractivity contribution is 0.214. The normalized spacial score (nSPS) is 17.0. The van der Waals surface area contributed by atoms with E-state index in [1.807, 2.05) is 0 Å². The molecule has 1 N–H and O–H groups in total. The van der Waals surface area contributed by atoms with Gasteiger partial charge in [0.25, 0.3) is 0 Å². The van der Waals surface area contributed by atoms with Gasteiger partial charge in [-0.25, -0.2) is 18.0 Å². The number of carbonyl (C=O) groups excluding carboxylic acids is 1. The highest BCUT2D eigenvalue weighted by Crippen LogP contribution is 2.41. The van der Waals surface area contributed by atoms with E-state index in [1.54, 1.807) is 18.2 Å². The smallest absolute Gasteiger partial charge is 0.308 e. The van der Waals surface area contributed by atoms with Crippen molar-refractivity contribution in [2.24, 2.45) is 0 Å². The molecule has 1 heterocycles. The molecule has 0 saturated carbocycles. The highest BCUT2D eigenvalue weighted by atomic mass is 35.5. The number of nitrogens with zero attached hydrogens (tertiary/aromatic N) is 1. The molecule has 3 nitrogen and oxygen atoms in total. The highest BCUT2D eigenvalue weighted by Gasteiger charge is 2.32. The first-order chi connectivity index (χ1) is 11.9. The Morgan fingerprint density at radius 1 is 1.16 bits per heavy atom. The SMILES string of the molecule is O=C(Nc1ccc(F)c(F)c1F)N1CCSC1c1ccc(Cl)cc1Cl. The summed E-state index contributed by atoms with van der Waals surface area (Å²) in [6.07, 6.45) is 0. The molecule has 132 valence electrons. The number of rotatable bonds is 2. The van der Waals surface area contributed by atoms with Crippen molar-refractivity contribution in [1.29, 1.82) is 0 Å². The Labute approximate surface area is 156 Å². The van der Waals surface area contributed by atoms with E-state index in [-0.39, 0.29) is 0 Å². The molecule has 1 fully saturated rings. The number of benzene rings is 2. The summed E-state index contributed by atoms with van der Waals surface area (Å²) in [5, 5.41) is 2.76. The maximum atomic E-state index is 13.7. The molecular formula is C16H11Cl2F3N2OS. The third-order valence-electron chi connectivity index (χ3n) is 3.66. The van der Waals surface area contributed by atoms with Crippen LogP contribution in [-0.4, -0.2) is 23.2 Å². The molecule has 1 unspecified atom stereocenters. The van der Waals surface area contributed by atoms with Crippen molar-refractivity contribution >= 4 is 46.7 Å². The van der Waals surface area contributed by atoms with Crippen LogP contribution in [0.5, 0.6) is 0 Å². The van der Waals surface area contributed by atoms with E-state index in [0.717, 1.165) is 12.1 Å². The van der Waals surface area contributed by atoms with Crippen LogP contribution in [0, 0.1) is 17.5 Å². The number of amides is 2. The number of urea groups is 1. The molecule has 9 heteroatoms. The van der Waals surface area contributed by atoms with Gasteiger partial charge in [0, 0.05) is 27.9 Å². The van der Waals surface area contributed by atoms with Gasteiger partial charge in [0.2, 0.25) is 0 Å². The van der Waals surface area contributed by atoms with Crippen LogP contribution in [-0.2, 0) is 0 Å². The average Bonchev–Trinajstić information content (AvgIpc) is 3.05. The Hall–Kier alpha value is -1.57. The molecular weight excluding hydrogens is 396 g/mol. The minimum absolute atomic E-state index is 0.391. The van der Waals surface area contributed by atoms with Crippen LogP contribution in [0.15, 0.2) is 30.3 Å². The van der Waals surface area contributed by atoms with Gasteiger partial charge < -0.3 is 10.2 Å². The average molecular weight is 407 g/mol. The summed E-state index contributed by atoms with van der Waals surface area (Å²) in [6, 6.07) is 6.03. The molecule has 3 rings (SSSR count). The van der Waals surface area contributed by atoms with E-state index in [9.17, 15) is 18.0 Å². The number of anilines is 1. The lowest BCUT2D eigenvalue weighted by Crippen LogP contribution is -2.34. The molecule has 2 aromatic carbocycles. The van der Waals surface area contributed by atoms with Crippen LogP contribution in [0.25, 0.3) is 0 Å². The first-order valence-corrected chi connectivity index (χ1v) is 8.96. The number of thioether (sulfide) groups is 1. The molecule has 0 radical (unpaired) electrons. The molecule has 0 spiro atoms. The first kappa shape index (κ1) is 18.2. The Morgan fingerprint density at radius 2 is 1.92 bits per heavy atom. The van der Waals surface area contributed by atoms with Gasteiger partial charge in [-0.05, 0) is 24.3 Å². The van der Waals surface area contributed by atoms with Gasteiger partial charge in [0.1, 0.15) is 5.37 Å². The summed E-state index contributed by atoms with van der Waals surface area (Å²) in [4.78, 5) is 13.9. The van der Waals surface area contributed by atoms with E-state index in [4.69, 9.17) is 23.2 Å². The standard InChI is InChI=1S/C16H11Cl2F3N2OS/c17-8-1-2-9(10(18)7-8)15-23(5-6-25-15)16(24)22-12-4-3-11(19)13(20)14(12)21/h1-4,7,15H,5-6H2,(H,22,24). The minimum Gasteiger partial charge on any atom is -0.308 e. The Balaban J connectivity index is 1.83. The molecule has 1 saturated heterocycles. The monoisotopic (exact) mass is 406 g/mol. The molecule has 0 aliphatic carbocycles. The number of hydrogen-bond acceptors (Lipinski definition) is 2. The van der Waals surface area contributed by atoms with Gasteiger partial charge in [0.05, 0.1) is 5.69 Å². The lowest BCUT2D eigenvalue weighted by Gasteiger charge is -2.25. The van der Waals surface area contributed by atoms with Crippen LogP contribution in [0.4, 0.5) is 23.7 Å². The summed E-state index contributed by atoms with van der Waals surface area (Å²) in [5.41, 5.74) is 0.260. The molecule has 2 aromatic rings. The Kier molecular flexibility index (Phi) is 5.36. The van der Waals surface area contributed by atoms with Crippen LogP contribution in [0.2, 0.25) is 10.0 Å². The predicted octanol–water partition coefficient (Wildman–Crippen LogP) is 5.69. The Morgan fingerprint density at radius 3 is 2.64 bits per heavy atom. The van der Waals surface area contributed by atoms with Crippen LogP contribution >= 0.6 is 35.0 Å². The maximum absolute atomic E-state index is 13.7. The van der Waals surface area contributed by atoms with Crippen LogP contribution in [0.1, 0.15) is 10.9 Å². The number of carbonyl (C=O) groups is 1. The third-order valence-corrected chi connectivity index (χ3v) is 5.46. The summed E-state index contributed by atoms with van der Waals surface area (Å²) in [6.45, 7) is 0.394. The van der Waals surface area contributed by atoms with Crippen molar-refractivity contribution in [2.45, 2.75) is 5.37 Å². The van der Waals surface area contributed by atoms with Gasteiger partial charge in [-0.1, -0.05) is 29.3 Å². The third kappa shape index (κ3) is 3.68. The fraction of sp³-hybridized carbons (Fsp3) is 0.188. The topological polar surface area (TPSA) is 32.3 Å². The van der Waals surface area contributed by atoms with E-state index >= 15 is 0 Å². The highest BCUT2D eigenvalue weighted by molar-refractivity contribution is 7.99. The molecule has 0 bridgehead atoms. The van der Waals surface area contributed by atoms with Gasteiger partial charge in [-0.3, -0.25) is 0 Å². The zero-order chi connectivity index (χ0) is 18.1. The second-order valence-electron chi connectivity index (χ2n) is 5.24. The summed E-state index contributed by atoms with van der Waals surface area (Å²) >= 11 is 13.6. The minimum atomic E-state index is -1.63. The molecule has 1 atom stereocenters. The van der Waals surface area contributed by atoms with Gasteiger partial charge in [-0.2, -0.15) is 0 Å². The Bertz CT molecular complexity index is 837. The molecule has 25 heavy (non-hydrogen) atoms. The van der Waals surface area contributed by atoms with Crippen molar-refractivity contribution in [3.05, 3.63) is 63.4 Å². The summed E-state index contributed by atoms with van der Waals surface area (Å²) in [5.74, 6) is -3.75. The zero-order valence-corrected chi connectivity index (χ0v) is 14.9. The van der Waals surface area contributed by atoms with Crippen molar-refractivity contribution in [3.8, 4) is 0 Å². The van der Waals surface area contributed by atoms with Crippen molar-refractivity contribution in [2.75, 3.05) is 17.6 Å². The van der Waals surface area contributed by atoms with E-state index in [0.29, 0.717) is 27.9 Å². The fourth-order valence-corrected chi connectivity index (χ4v) is 4.31. The maximum Gasteiger partial charge on any atom is 0.323 e. The molecule has 1 aliphatic rings. The lowest BCUT2D eigenvalue weighted by atomic mass is 10.2. The first-order valence-electron chi connectivity index (χ1n) is 7.16. The van der Waals surface area contributed by atoms with E-state index in [1.165, 1.54) is 16.7 Å². The quantitative estimate of drug-likeness (QED) is 0.649. The van der Waals surface area contributed by atoms with Gasteiger partial charge >= 0.3 is 6.03 Å².